The van der Waals surface area contributed by atoms with Crippen LogP contribution in [-0.2, 0) is 6.42 Å². The van der Waals surface area contributed by atoms with Crippen molar-refractivity contribution in [3.05, 3.63) is 29.3 Å². The van der Waals surface area contributed by atoms with Gasteiger partial charge in [0.15, 0.2) is 0 Å². The van der Waals surface area contributed by atoms with Gasteiger partial charge in [-0.15, -0.1) is 0 Å². The first kappa shape index (κ1) is 10.2. The fourth-order valence-electron chi connectivity index (χ4n) is 2.63. The highest BCUT2D eigenvalue weighted by molar-refractivity contribution is 5.43. The molecule has 0 radical (unpaired) electrons. The van der Waals surface area contributed by atoms with E-state index in [1.165, 1.54) is 36.8 Å². The van der Waals surface area contributed by atoms with Crippen LogP contribution in [0.2, 0.25) is 0 Å². The molecule has 0 aliphatic heterocycles. The molecule has 2 aliphatic carbocycles. The molecular weight excluding hydrogens is 196 g/mol. The van der Waals surface area contributed by atoms with Crippen molar-refractivity contribution in [3.63, 3.8) is 0 Å². The lowest BCUT2D eigenvalue weighted by Gasteiger charge is -2.15. The molecule has 2 fully saturated rings. The lowest BCUT2D eigenvalue weighted by Crippen LogP contribution is -1.99. The van der Waals surface area contributed by atoms with Gasteiger partial charge in [-0.2, -0.15) is 0 Å². The zero-order chi connectivity index (χ0) is 11.1. The summed E-state index contributed by atoms with van der Waals surface area (Å²) < 4.78 is 0. The molecule has 0 spiro atoms. The maximum absolute atomic E-state index is 10.3. The van der Waals surface area contributed by atoms with Crippen LogP contribution < -0.4 is 0 Å². The molecule has 1 nitrogen and oxygen atoms in total. The number of hydrogen-bond acceptors (Lipinski definition) is 1. The van der Waals surface area contributed by atoms with E-state index in [4.69, 9.17) is 0 Å². The second-order valence-corrected chi connectivity index (χ2v) is 5.63. The lowest BCUT2D eigenvalue weighted by molar-refractivity contribution is 0.450. The van der Waals surface area contributed by atoms with Crippen molar-refractivity contribution in [1.82, 2.24) is 0 Å². The van der Waals surface area contributed by atoms with Crippen LogP contribution in [0, 0.1) is 11.8 Å². The lowest BCUT2D eigenvalue weighted by atomic mass is 9.92. The normalized spacial score (nSPS) is 22.1. The fraction of sp³-hybridized carbons (Fsp3) is 0.600. The Labute approximate surface area is 97.5 Å². The van der Waals surface area contributed by atoms with E-state index >= 15 is 0 Å². The van der Waals surface area contributed by atoms with Gasteiger partial charge in [0.05, 0.1) is 0 Å². The van der Waals surface area contributed by atoms with Gasteiger partial charge in [-0.1, -0.05) is 25.1 Å². The minimum Gasteiger partial charge on any atom is -0.507 e. The minimum atomic E-state index is 0.541. The van der Waals surface area contributed by atoms with E-state index in [2.05, 4.69) is 25.1 Å². The molecule has 3 rings (SSSR count). The molecule has 0 heterocycles. The quantitative estimate of drug-likeness (QED) is 0.810. The summed E-state index contributed by atoms with van der Waals surface area (Å²) in [4.78, 5) is 0. The monoisotopic (exact) mass is 216 g/mol. The summed E-state index contributed by atoms with van der Waals surface area (Å²) in [6.07, 6.45) is 6.46. The van der Waals surface area contributed by atoms with Crippen LogP contribution in [-0.4, -0.2) is 5.11 Å². The van der Waals surface area contributed by atoms with Crippen molar-refractivity contribution < 1.29 is 5.11 Å². The van der Waals surface area contributed by atoms with E-state index in [1.54, 1.807) is 0 Å². The van der Waals surface area contributed by atoms with Gasteiger partial charge in [-0.3, -0.25) is 0 Å². The number of benzene rings is 1. The van der Waals surface area contributed by atoms with E-state index < -0.39 is 0 Å². The van der Waals surface area contributed by atoms with Crippen molar-refractivity contribution in [2.45, 2.75) is 44.9 Å². The zero-order valence-corrected chi connectivity index (χ0v) is 9.95. The number of phenolic OH excluding ortho intramolecular Hbond substituents is 1. The Morgan fingerprint density at radius 1 is 1.25 bits per heavy atom. The van der Waals surface area contributed by atoms with Gasteiger partial charge in [0.1, 0.15) is 5.75 Å². The van der Waals surface area contributed by atoms with Gasteiger partial charge in [-0.05, 0) is 61.0 Å². The third-order valence-electron chi connectivity index (χ3n) is 4.18. The Morgan fingerprint density at radius 2 is 2.00 bits per heavy atom. The predicted molar refractivity (Wildman–Crippen MR) is 65.7 cm³/mol. The molecule has 2 aliphatic rings. The molecular formula is C15H20O. The Kier molecular flexibility index (Phi) is 2.42. The van der Waals surface area contributed by atoms with Crippen LogP contribution in [0.4, 0.5) is 0 Å². The summed E-state index contributed by atoms with van der Waals surface area (Å²) in [6.45, 7) is 2.26. The summed E-state index contributed by atoms with van der Waals surface area (Å²) in [5.74, 6) is 2.80. The van der Waals surface area contributed by atoms with E-state index in [0.717, 1.165) is 18.3 Å². The first-order valence-corrected chi connectivity index (χ1v) is 6.56. The summed E-state index contributed by atoms with van der Waals surface area (Å²) in [5, 5.41) is 10.3. The molecule has 1 heteroatoms. The van der Waals surface area contributed by atoms with E-state index in [-0.39, 0.29) is 0 Å². The summed E-state index contributed by atoms with van der Waals surface area (Å²) in [6, 6.07) is 6.32. The number of para-hydroxylation sites is 1. The Bertz CT molecular complexity index is 388. The van der Waals surface area contributed by atoms with Crippen LogP contribution >= 0.6 is 0 Å². The maximum Gasteiger partial charge on any atom is 0.122 e. The molecule has 86 valence electrons. The Morgan fingerprint density at radius 3 is 2.62 bits per heavy atom. The fourth-order valence-corrected chi connectivity index (χ4v) is 2.63. The topological polar surface area (TPSA) is 20.2 Å². The van der Waals surface area contributed by atoms with Gasteiger partial charge in [0.25, 0.3) is 0 Å². The molecule has 2 saturated carbocycles. The summed E-state index contributed by atoms with van der Waals surface area (Å²) >= 11 is 0. The number of phenols is 1. The third kappa shape index (κ3) is 1.95. The Hall–Kier alpha value is -0.980. The van der Waals surface area contributed by atoms with Crippen molar-refractivity contribution >= 4 is 0 Å². The molecule has 1 N–H and O–H groups in total. The van der Waals surface area contributed by atoms with Gasteiger partial charge in [0, 0.05) is 0 Å². The largest absolute Gasteiger partial charge is 0.507 e. The van der Waals surface area contributed by atoms with Gasteiger partial charge in [0.2, 0.25) is 0 Å². The second kappa shape index (κ2) is 3.80. The SMILES string of the molecule is C[C@H](c1cccc(CC2CC2)c1O)C1CC1. The van der Waals surface area contributed by atoms with Gasteiger partial charge in [-0.25, -0.2) is 0 Å². The standard InChI is InChI=1S/C15H20O/c1-10(12-7-8-12)14-4-2-3-13(15(14)16)9-11-5-6-11/h2-4,10-12,16H,5-9H2,1H3/t10-/m0/s1. The van der Waals surface area contributed by atoms with E-state index in [1.807, 2.05) is 0 Å². The third-order valence-corrected chi connectivity index (χ3v) is 4.18. The smallest absolute Gasteiger partial charge is 0.122 e. The molecule has 0 bridgehead atoms. The number of rotatable bonds is 4. The first-order valence-electron chi connectivity index (χ1n) is 6.56. The highest BCUT2D eigenvalue weighted by atomic mass is 16.3. The van der Waals surface area contributed by atoms with Crippen LogP contribution in [0.1, 0.15) is 49.7 Å². The van der Waals surface area contributed by atoms with E-state index in [0.29, 0.717) is 11.7 Å². The molecule has 0 amide bonds. The number of aromatic hydroxyl groups is 1. The van der Waals surface area contributed by atoms with Crippen molar-refractivity contribution in [1.29, 1.82) is 0 Å². The highest BCUT2D eigenvalue weighted by Gasteiger charge is 2.31. The summed E-state index contributed by atoms with van der Waals surface area (Å²) in [5.41, 5.74) is 2.35. The first-order chi connectivity index (χ1) is 7.75. The molecule has 0 unspecified atom stereocenters. The molecule has 16 heavy (non-hydrogen) atoms. The summed E-state index contributed by atoms with van der Waals surface area (Å²) in [7, 11) is 0. The molecule has 1 aromatic rings. The zero-order valence-electron chi connectivity index (χ0n) is 9.95. The van der Waals surface area contributed by atoms with E-state index in [9.17, 15) is 5.11 Å². The molecule has 1 aromatic carbocycles. The molecule has 0 saturated heterocycles. The van der Waals surface area contributed by atoms with Crippen LogP contribution in [0.3, 0.4) is 0 Å². The predicted octanol–water partition coefficient (Wildman–Crippen LogP) is 3.86. The Balaban J connectivity index is 1.85. The van der Waals surface area contributed by atoms with Crippen LogP contribution in [0.15, 0.2) is 18.2 Å². The minimum absolute atomic E-state index is 0.541. The highest BCUT2D eigenvalue weighted by Crippen LogP contribution is 2.46. The average Bonchev–Trinajstić information content (AvgIpc) is 3.15. The maximum atomic E-state index is 10.3. The number of hydrogen-bond donors (Lipinski definition) is 1. The second-order valence-electron chi connectivity index (χ2n) is 5.63. The van der Waals surface area contributed by atoms with Gasteiger partial charge < -0.3 is 5.11 Å². The van der Waals surface area contributed by atoms with Crippen LogP contribution in [0.5, 0.6) is 5.75 Å². The van der Waals surface area contributed by atoms with Crippen molar-refractivity contribution in [2.24, 2.45) is 11.8 Å². The van der Waals surface area contributed by atoms with Crippen molar-refractivity contribution in [3.8, 4) is 5.75 Å². The average molecular weight is 216 g/mol. The molecule has 0 aromatic heterocycles. The van der Waals surface area contributed by atoms with Crippen LogP contribution in [0.25, 0.3) is 0 Å². The van der Waals surface area contributed by atoms with Gasteiger partial charge >= 0.3 is 0 Å². The molecule has 1 atom stereocenters. The van der Waals surface area contributed by atoms with Crippen molar-refractivity contribution in [2.75, 3.05) is 0 Å².